The van der Waals surface area contributed by atoms with Gasteiger partial charge in [0.1, 0.15) is 17.8 Å². The first kappa shape index (κ1) is 32.4. The van der Waals surface area contributed by atoms with Crippen LogP contribution in [0, 0.1) is 5.41 Å². The number of rotatable bonds is 11. The zero-order valence-corrected chi connectivity index (χ0v) is 25.2. The molecule has 1 aliphatic rings. The maximum absolute atomic E-state index is 13.6. The number of ketones is 1. The summed E-state index contributed by atoms with van der Waals surface area (Å²) in [6, 6.07) is 8.36. The summed E-state index contributed by atoms with van der Waals surface area (Å²) in [4.78, 5) is 51.7. The van der Waals surface area contributed by atoms with Crippen molar-refractivity contribution in [3.63, 3.8) is 0 Å². The van der Waals surface area contributed by atoms with Gasteiger partial charge in [-0.1, -0.05) is 40.0 Å². The Balaban J connectivity index is 1.85. The van der Waals surface area contributed by atoms with Crippen molar-refractivity contribution in [2.24, 2.45) is 5.41 Å². The molecule has 2 aromatic rings. The normalized spacial score (nSPS) is 15.5. The molecule has 0 radical (unpaired) electrons. The van der Waals surface area contributed by atoms with Crippen molar-refractivity contribution in [2.75, 3.05) is 23.4 Å². The Bertz CT molecular complexity index is 1410. The van der Waals surface area contributed by atoms with E-state index in [-0.39, 0.29) is 11.4 Å². The van der Waals surface area contributed by atoms with Crippen LogP contribution >= 0.6 is 0 Å². The molecule has 4 N–H and O–H groups in total. The maximum atomic E-state index is 13.6. The minimum Gasteiger partial charge on any atom is -0.497 e. The molecule has 12 nitrogen and oxygen atoms in total. The van der Waals surface area contributed by atoms with Crippen LogP contribution in [0.5, 0.6) is 17.2 Å². The number of benzene rings is 2. The van der Waals surface area contributed by atoms with E-state index in [0.717, 1.165) is 31.8 Å². The topological polar surface area (TPSA) is 169 Å². The van der Waals surface area contributed by atoms with Crippen molar-refractivity contribution >= 4 is 45.4 Å². The van der Waals surface area contributed by atoms with Crippen LogP contribution in [0.1, 0.15) is 52.9 Å². The van der Waals surface area contributed by atoms with E-state index in [1.54, 1.807) is 32.9 Å². The third-order valence-electron chi connectivity index (χ3n) is 6.70. The monoisotopic (exact) mass is 602 g/mol. The SMILES string of the molecule is COc1ccc(Oc2ccc(NS(C)(=O)=O)cc2)c(NC(=O)C(NC(=O)NC2(C=O)CCCCC2)C(=O)C(C)(C)C)c1. The van der Waals surface area contributed by atoms with Gasteiger partial charge in [-0.25, -0.2) is 13.2 Å². The van der Waals surface area contributed by atoms with Gasteiger partial charge >= 0.3 is 6.03 Å². The van der Waals surface area contributed by atoms with Gasteiger partial charge in [0, 0.05) is 17.2 Å². The number of nitrogens with one attached hydrogen (secondary N) is 4. The summed E-state index contributed by atoms with van der Waals surface area (Å²) in [6.45, 7) is 4.89. The van der Waals surface area contributed by atoms with Gasteiger partial charge in [-0.3, -0.25) is 14.3 Å². The summed E-state index contributed by atoms with van der Waals surface area (Å²) in [5.74, 6) is -0.444. The quantitative estimate of drug-likeness (QED) is 0.221. The number of ether oxygens (including phenoxy) is 2. The van der Waals surface area contributed by atoms with E-state index in [9.17, 15) is 27.6 Å². The summed E-state index contributed by atoms with van der Waals surface area (Å²) in [6.07, 6.45) is 5.22. The van der Waals surface area contributed by atoms with Crippen LogP contribution in [-0.2, 0) is 24.4 Å². The van der Waals surface area contributed by atoms with E-state index in [4.69, 9.17) is 9.47 Å². The van der Waals surface area contributed by atoms with Crippen molar-refractivity contribution in [3.8, 4) is 17.2 Å². The second-order valence-electron chi connectivity index (χ2n) is 11.3. The van der Waals surface area contributed by atoms with E-state index < -0.39 is 44.7 Å². The Hall–Kier alpha value is -4.13. The molecule has 0 aromatic heterocycles. The molecule has 1 saturated carbocycles. The van der Waals surface area contributed by atoms with E-state index in [1.807, 2.05) is 0 Å². The van der Waals surface area contributed by atoms with Crippen molar-refractivity contribution in [3.05, 3.63) is 42.5 Å². The highest BCUT2D eigenvalue weighted by atomic mass is 32.2. The van der Waals surface area contributed by atoms with Crippen LogP contribution in [0.15, 0.2) is 42.5 Å². The fourth-order valence-electron chi connectivity index (χ4n) is 4.49. The molecular formula is C29H38N4O8S. The van der Waals surface area contributed by atoms with Gasteiger partial charge in [-0.15, -0.1) is 0 Å². The second kappa shape index (κ2) is 13.2. The highest BCUT2D eigenvalue weighted by Crippen LogP contribution is 2.34. The third kappa shape index (κ3) is 8.93. The number of amides is 3. The van der Waals surface area contributed by atoms with Crippen LogP contribution < -0.4 is 30.1 Å². The van der Waals surface area contributed by atoms with Gasteiger partial charge in [-0.05, 0) is 49.2 Å². The average molecular weight is 603 g/mol. The molecule has 3 rings (SSSR count). The van der Waals surface area contributed by atoms with E-state index in [2.05, 4.69) is 20.7 Å². The molecule has 0 heterocycles. The number of urea groups is 1. The molecule has 0 aliphatic heterocycles. The van der Waals surface area contributed by atoms with Crippen LogP contribution in [-0.4, -0.2) is 57.4 Å². The van der Waals surface area contributed by atoms with Gasteiger partial charge in [-0.2, -0.15) is 0 Å². The van der Waals surface area contributed by atoms with Crippen molar-refractivity contribution in [2.45, 2.75) is 64.5 Å². The highest BCUT2D eigenvalue weighted by Gasteiger charge is 2.39. The summed E-state index contributed by atoms with van der Waals surface area (Å²) < 4.78 is 36.6. The number of sulfonamides is 1. The first-order chi connectivity index (χ1) is 19.6. The Morgan fingerprint density at radius 3 is 2.14 bits per heavy atom. The molecule has 13 heteroatoms. The van der Waals surface area contributed by atoms with Gasteiger partial charge < -0.3 is 30.2 Å². The molecule has 0 saturated heterocycles. The summed E-state index contributed by atoms with van der Waals surface area (Å²) in [5, 5.41) is 7.82. The van der Waals surface area contributed by atoms with E-state index >= 15 is 0 Å². The van der Waals surface area contributed by atoms with Crippen molar-refractivity contribution < 1.29 is 37.1 Å². The predicted molar refractivity (Wildman–Crippen MR) is 158 cm³/mol. The minimum absolute atomic E-state index is 0.156. The number of hydrogen-bond acceptors (Lipinski definition) is 8. The lowest BCUT2D eigenvalue weighted by molar-refractivity contribution is -0.133. The first-order valence-corrected chi connectivity index (χ1v) is 15.4. The van der Waals surface area contributed by atoms with Gasteiger partial charge in [0.2, 0.25) is 10.0 Å². The number of aldehydes is 1. The Kier molecular flexibility index (Phi) is 10.2. The molecule has 0 bridgehead atoms. The molecule has 42 heavy (non-hydrogen) atoms. The number of carbonyl (C=O) groups is 4. The standard InChI is InChI=1S/C29H38N4O8S/c1-28(2,3)25(35)24(31-27(37)32-29(18-34)15-7-6-8-16-29)26(36)30-22-17-21(40-4)13-14-23(22)41-20-11-9-19(10-12-20)33-42(5,38)39/h9-14,17-18,24,33H,6-8,15-16H2,1-5H3,(H,30,36)(H2,31,32,37). The van der Waals surface area contributed by atoms with Crippen LogP contribution in [0.25, 0.3) is 0 Å². The maximum Gasteiger partial charge on any atom is 0.316 e. The van der Waals surface area contributed by atoms with Crippen molar-refractivity contribution in [1.82, 2.24) is 10.6 Å². The van der Waals surface area contributed by atoms with E-state index in [0.29, 0.717) is 30.0 Å². The highest BCUT2D eigenvalue weighted by molar-refractivity contribution is 7.92. The lowest BCUT2D eigenvalue weighted by Gasteiger charge is -2.33. The molecule has 3 amide bonds. The number of carbonyl (C=O) groups excluding carboxylic acids is 4. The summed E-state index contributed by atoms with van der Waals surface area (Å²) in [7, 11) is -2.01. The van der Waals surface area contributed by atoms with Crippen molar-refractivity contribution in [1.29, 1.82) is 0 Å². The molecule has 228 valence electrons. The second-order valence-corrected chi connectivity index (χ2v) is 13.1. The lowest BCUT2D eigenvalue weighted by atomic mass is 9.83. The first-order valence-electron chi connectivity index (χ1n) is 13.5. The van der Waals surface area contributed by atoms with Gasteiger partial charge in [0.15, 0.2) is 17.6 Å². The van der Waals surface area contributed by atoms with Crippen LogP contribution in [0.3, 0.4) is 0 Å². The molecule has 1 atom stereocenters. The number of methoxy groups -OCH3 is 1. The van der Waals surface area contributed by atoms with Gasteiger partial charge in [0.05, 0.1) is 24.6 Å². The van der Waals surface area contributed by atoms with E-state index in [1.165, 1.54) is 37.4 Å². The molecule has 2 aromatic carbocycles. The zero-order valence-electron chi connectivity index (χ0n) is 24.4. The third-order valence-corrected chi connectivity index (χ3v) is 7.31. The molecule has 1 fully saturated rings. The van der Waals surface area contributed by atoms with Crippen LogP contribution in [0.2, 0.25) is 0 Å². The van der Waals surface area contributed by atoms with Gasteiger partial charge in [0.25, 0.3) is 5.91 Å². The Morgan fingerprint density at radius 1 is 0.976 bits per heavy atom. The molecule has 0 spiro atoms. The largest absolute Gasteiger partial charge is 0.497 e. The lowest BCUT2D eigenvalue weighted by Crippen LogP contribution is -2.60. The molecule has 1 aliphatic carbocycles. The smallest absolute Gasteiger partial charge is 0.316 e. The molecule has 1 unspecified atom stereocenters. The fourth-order valence-corrected chi connectivity index (χ4v) is 5.06. The van der Waals surface area contributed by atoms with Crippen LogP contribution in [0.4, 0.5) is 16.2 Å². The summed E-state index contributed by atoms with van der Waals surface area (Å²) >= 11 is 0. The zero-order chi connectivity index (χ0) is 31.1. The minimum atomic E-state index is -3.46. The number of anilines is 2. The number of hydrogen-bond donors (Lipinski definition) is 4. The molecular weight excluding hydrogens is 564 g/mol. The fraction of sp³-hybridized carbons (Fsp3) is 0.448. The Morgan fingerprint density at radius 2 is 1.60 bits per heavy atom. The number of Topliss-reactive ketones (excluding diaryl/α,β-unsaturated/α-hetero) is 1. The average Bonchev–Trinajstić information content (AvgIpc) is 2.92. The summed E-state index contributed by atoms with van der Waals surface area (Å²) in [5.41, 5.74) is -1.54. The predicted octanol–water partition coefficient (Wildman–Crippen LogP) is 3.98. The Labute approximate surface area is 246 Å².